The van der Waals surface area contributed by atoms with Gasteiger partial charge in [-0.05, 0) is 39.0 Å². The Hall–Kier alpha value is -2.29. The van der Waals surface area contributed by atoms with Gasteiger partial charge in [-0.3, -0.25) is 0 Å². The number of amides is 2. The van der Waals surface area contributed by atoms with Crippen LogP contribution in [0, 0.1) is 13.8 Å². The molecule has 0 aliphatic carbocycles. The van der Waals surface area contributed by atoms with Gasteiger partial charge in [-0.15, -0.1) is 11.3 Å². The molecular weight excluding hydrogens is 365 g/mol. The molecule has 0 saturated carbocycles. The van der Waals surface area contributed by atoms with Crippen molar-refractivity contribution in [2.45, 2.75) is 33.0 Å². The molecular formula is C17H21F3N4OS. The number of urea groups is 1. The summed E-state index contributed by atoms with van der Waals surface area (Å²) >= 11 is 1.44. The molecule has 2 N–H and O–H groups in total. The zero-order valence-electron chi connectivity index (χ0n) is 15.2. The van der Waals surface area contributed by atoms with Gasteiger partial charge in [0.15, 0.2) is 0 Å². The lowest BCUT2D eigenvalue weighted by Crippen LogP contribution is -2.32. The second kappa shape index (κ2) is 7.53. The number of halogens is 3. The van der Waals surface area contributed by atoms with Crippen molar-refractivity contribution < 1.29 is 18.0 Å². The standard InChI is InChI=1S/C17H21F3N4OS/c1-9-15(26-11(3)21-9)10(2)22-16(25)23-14-7-6-12(24(4)5)8-13(14)17(18,19)20/h6-8,10H,1-5H3,(H2,22,23,25). The maximum Gasteiger partial charge on any atom is 0.418 e. The van der Waals surface area contributed by atoms with Crippen LogP contribution >= 0.6 is 11.3 Å². The van der Waals surface area contributed by atoms with Crippen LogP contribution in [0.1, 0.15) is 34.1 Å². The molecule has 9 heteroatoms. The summed E-state index contributed by atoms with van der Waals surface area (Å²) in [6.07, 6.45) is -4.58. The minimum absolute atomic E-state index is 0.287. The van der Waals surface area contributed by atoms with Gasteiger partial charge >= 0.3 is 12.2 Å². The summed E-state index contributed by atoms with van der Waals surface area (Å²) in [7, 11) is 3.30. The molecule has 0 aliphatic heterocycles. The molecule has 0 saturated heterocycles. The van der Waals surface area contributed by atoms with Gasteiger partial charge in [0.2, 0.25) is 0 Å². The van der Waals surface area contributed by atoms with Crippen molar-refractivity contribution >= 4 is 28.7 Å². The zero-order chi connectivity index (χ0) is 19.6. The molecule has 2 aromatic rings. The number of hydrogen-bond acceptors (Lipinski definition) is 4. The summed E-state index contributed by atoms with van der Waals surface area (Å²) in [6, 6.07) is 2.72. The maximum absolute atomic E-state index is 13.3. The second-order valence-electron chi connectivity index (χ2n) is 6.12. The first-order chi connectivity index (χ1) is 12.0. The topological polar surface area (TPSA) is 57.3 Å². The summed E-state index contributed by atoms with van der Waals surface area (Å²) in [5.74, 6) is 0. The van der Waals surface area contributed by atoms with Gasteiger partial charge in [0.1, 0.15) is 0 Å². The first-order valence-corrected chi connectivity index (χ1v) is 8.70. The fraction of sp³-hybridized carbons (Fsp3) is 0.412. The molecule has 0 spiro atoms. The summed E-state index contributed by atoms with van der Waals surface area (Å²) in [4.78, 5) is 18.9. The van der Waals surface area contributed by atoms with Gasteiger partial charge in [0.25, 0.3) is 0 Å². The van der Waals surface area contributed by atoms with Gasteiger partial charge in [-0.25, -0.2) is 9.78 Å². The van der Waals surface area contributed by atoms with E-state index in [0.717, 1.165) is 21.6 Å². The Kier molecular flexibility index (Phi) is 5.80. The van der Waals surface area contributed by atoms with Gasteiger partial charge in [-0.2, -0.15) is 13.2 Å². The highest BCUT2D eigenvalue weighted by Crippen LogP contribution is 2.37. The van der Waals surface area contributed by atoms with Crippen LogP contribution in [0.2, 0.25) is 0 Å². The van der Waals surface area contributed by atoms with Crippen molar-refractivity contribution in [3.8, 4) is 0 Å². The lowest BCUT2D eigenvalue weighted by atomic mass is 10.1. The third-order valence-electron chi connectivity index (χ3n) is 3.75. The molecule has 1 atom stereocenters. The van der Waals surface area contributed by atoms with E-state index in [1.807, 2.05) is 13.8 Å². The Morgan fingerprint density at radius 3 is 2.42 bits per heavy atom. The van der Waals surface area contributed by atoms with E-state index in [0.29, 0.717) is 5.69 Å². The van der Waals surface area contributed by atoms with Gasteiger partial charge in [-0.1, -0.05) is 0 Å². The van der Waals surface area contributed by atoms with Crippen LogP contribution < -0.4 is 15.5 Å². The maximum atomic E-state index is 13.3. The Balaban J connectivity index is 2.19. The van der Waals surface area contributed by atoms with E-state index in [2.05, 4.69) is 15.6 Å². The van der Waals surface area contributed by atoms with Crippen LogP contribution in [0.5, 0.6) is 0 Å². The third-order valence-corrected chi connectivity index (χ3v) is 5.01. The lowest BCUT2D eigenvalue weighted by Gasteiger charge is -2.20. The van der Waals surface area contributed by atoms with Crippen LogP contribution in [-0.2, 0) is 6.18 Å². The van der Waals surface area contributed by atoms with Crippen LogP contribution in [0.25, 0.3) is 0 Å². The van der Waals surface area contributed by atoms with Gasteiger partial charge < -0.3 is 15.5 Å². The molecule has 2 amide bonds. The number of alkyl halides is 3. The first kappa shape index (κ1) is 20.0. The number of hydrogen-bond donors (Lipinski definition) is 2. The van der Waals surface area contributed by atoms with E-state index in [1.165, 1.54) is 23.5 Å². The third kappa shape index (κ3) is 4.66. The molecule has 0 aliphatic rings. The van der Waals surface area contributed by atoms with Crippen molar-refractivity contribution in [3.63, 3.8) is 0 Å². The highest BCUT2D eigenvalue weighted by atomic mass is 32.1. The van der Waals surface area contributed by atoms with Crippen LogP contribution in [-0.4, -0.2) is 25.1 Å². The van der Waals surface area contributed by atoms with E-state index < -0.39 is 17.8 Å². The molecule has 0 bridgehead atoms. The number of anilines is 2. The number of carbonyl (C=O) groups excluding carboxylic acids is 1. The monoisotopic (exact) mass is 386 g/mol. The fourth-order valence-electron chi connectivity index (χ4n) is 2.52. The minimum atomic E-state index is -4.58. The summed E-state index contributed by atoms with van der Waals surface area (Å²) in [5, 5.41) is 5.83. The quantitative estimate of drug-likeness (QED) is 0.799. The molecule has 1 heterocycles. The fourth-order valence-corrected chi connectivity index (χ4v) is 3.45. The van der Waals surface area contributed by atoms with E-state index in [1.54, 1.807) is 25.9 Å². The Bertz CT molecular complexity index is 802. The molecule has 26 heavy (non-hydrogen) atoms. The summed E-state index contributed by atoms with van der Waals surface area (Å²) < 4.78 is 40.0. The Morgan fingerprint density at radius 1 is 1.27 bits per heavy atom. The Morgan fingerprint density at radius 2 is 1.92 bits per heavy atom. The lowest BCUT2D eigenvalue weighted by molar-refractivity contribution is -0.136. The number of nitrogens with one attached hydrogen (secondary N) is 2. The number of aryl methyl sites for hydroxylation is 2. The molecule has 1 unspecified atom stereocenters. The van der Waals surface area contributed by atoms with Gasteiger partial charge in [0.05, 0.1) is 28.0 Å². The van der Waals surface area contributed by atoms with Crippen molar-refractivity contribution in [2.24, 2.45) is 0 Å². The average Bonchev–Trinajstić information content (AvgIpc) is 2.84. The number of carbonyl (C=O) groups is 1. The minimum Gasteiger partial charge on any atom is -0.378 e. The second-order valence-corrected chi connectivity index (χ2v) is 7.36. The number of thiazole rings is 1. The average molecular weight is 386 g/mol. The van der Waals surface area contributed by atoms with Crippen molar-refractivity contribution in [1.82, 2.24) is 10.3 Å². The number of aromatic nitrogens is 1. The highest BCUT2D eigenvalue weighted by molar-refractivity contribution is 7.11. The largest absolute Gasteiger partial charge is 0.418 e. The zero-order valence-corrected chi connectivity index (χ0v) is 16.0. The van der Waals surface area contributed by atoms with Gasteiger partial charge in [0, 0.05) is 24.7 Å². The SMILES string of the molecule is Cc1nc(C)c(C(C)NC(=O)Nc2ccc(N(C)C)cc2C(F)(F)F)s1. The highest BCUT2D eigenvalue weighted by Gasteiger charge is 2.34. The van der Waals surface area contributed by atoms with E-state index in [-0.39, 0.29) is 11.7 Å². The molecule has 1 aromatic carbocycles. The number of rotatable bonds is 4. The normalized spacial score (nSPS) is 12.6. The van der Waals surface area contributed by atoms with Crippen molar-refractivity contribution in [1.29, 1.82) is 0 Å². The van der Waals surface area contributed by atoms with E-state index in [4.69, 9.17) is 0 Å². The number of benzene rings is 1. The van der Waals surface area contributed by atoms with Crippen molar-refractivity contribution in [3.05, 3.63) is 39.3 Å². The molecule has 0 radical (unpaired) electrons. The summed E-state index contributed by atoms with van der Waals surface area (Å²) in [6.45, 7) is 5.45. The predicted octanol–water partition coefficient (Wildman–Crippen LogP) is 4.73. The predicted molar refractivity (Wildman–Crippen MR) is 97.9 cm³/mol. The number of nitrogens with zero attached hydrogens (tertiary/aromatic N) is 2. The van der Waals surface area contributed by atoms with Crippen molar-refractivity contribution in [2.75, 3.05) is 24.3 Å². The summed E-state index contributed by atoms with van der Waals surface area (Å²) in [5.41, 5.74) is 0.0142. The first-order valence-electron chi connectivity index (χ1n) is 7.89. The molecule has 5 nitrogen and oxygen atoms in total. The molecule has 142 valence electrons. The van der Waals surface area contributed by atoms with Crippen LogP contribution in [0.4, 0.5) is 29.3 Å². The Labute approximate surface area is 154 Å². The van der Waals surface area contributed by atoms with E-state index >= 15 is 0 Å². The molecule has 0 fully saturated rings. The van der Waals surface area contributed by atoms with E-state index in [9.17, 15) is 18.0 Å². The smallest absolute Gasteiger partial charge is 0.378 e. The molecule has 2 rings (SSSR count). The van der Waals surface area contributed by atoms with Crippen LogP contribution in [0.3, 0.4) is 0 Å². The van der Waals surface area contributed by atoms with Crippen LogP contribution in [0.15, 0.2) is 18.2 Å². The molecule has 1 aromatic heterocycles.